The van der Waals surface area contributed by atoms with E-state index in [2.05, 4.69) is 18.6 Å². The molecule has 0 spiro atoms. The average molecular weight is 298 g/mol. The molecule has 0 amide bonds. The van der Waals surface area contributed by atoms with Crippen LogP contribution in [-0.4, -0.2) is 14.5 Å². The first-order chi connectivity index (χ1) is 9.26. The summed E-state index contributed by atoms with van der Waals surface area (Å²) in [6.45, 7) is 8.02. The molecule has 20 heavy (non-hydrogen) atoms. The van der Waals surface area contributed by atoms with Gasteiger partial charge in [0.05, 0.1) is 4.90 Å². The van der Waals surface area contributed by atoms with Crippen molar-refractivity contribution in [2.45, 2.75) is 57.5 Å². The molecule has 0 aliphatic heterocycles. The van der Waals surface area contributed by atoms with Gasteiger partial charge in [0, 0.05) is 12.1 Å². The Morgan fingerprint density at radius 2 is 1.90 bits per heavy atom. The van der Waals surface area contributed by atoms with E-state index in [1.165, 1.54) is 0 Å². The Morgan fingerprint density at radius 1 is 1.25 bits per heavy atom. The SMILES string of the molecule is CCC(N)c1cccc(S(=O)(=O)NC(C)CC(C)C)c1. The maximum Gasteiger partial charge on any atom is 0.240 e. The number of sulfonamides is 1. The van der Waals surface area contributed by atoms with Crippen LogP contribution in [0.15, 0.2) is 29.2 Å². The lowest BCUT2D eigenvalue weighted by Gasteiger charge is -2.17. The summed E-state index contributed by atoms with van der Waals surface area (Å²) < 4.78 is 27.4. The summed E-state index contributed by atoms with van der Waals surface area (Å²) in [4.78, 5) is 0.287. The zero-order valence-corrected chi connectivity index (χ0v) is 13.6. The van der Waals surface area contributed by atoms with Crippen molar-refractivity contribution in [3.8, 4) is 0 Å². The number of benzene rings is 1. The van der Waals surface area contributed by atoms with Gasteiger partial charge in [-0.3, -0.25) is 0 Å². The Balaban J connectivity index is 2.92. The highest BCUT2D eigenvalue weighted by atomic mass is 32.2. The van der Waals surface area contributed by atoms with Crippen LogP contribution in [0.1, 0.15) is 52.1 Å². The molecule has 0 saturated heterocycles. The van der Waals surface area contributed by atoms with Crippen LogP contribution in [0.4, 0.5) is 0 Å². The van der Waals surface area contributed by atoms with Crippen LogP contribution < -0.4 is 10.5 Å². The van der Waals surface area contributed by atoms with Gasteiger partial charge in [0.1, 0.15) is 0 Å². The van der Waals surface area contributed by atoms with E-state index in [9.17, 15) is 8.42 Å². The summed E-state index contributed by atoms with van der Waals surface area (Å²) in [7, 11) is -3.47. The van der Waals surface area contributed by atoms with E-state index in [1.54, 1.807) is 18.2 Å². The molecule has 2 unspecified atom stereocenters. The Labute approximate surface area is 122 Å². The van der Waals surface area contributed by atoms with E-state index in [1.807, 2.05) is 19.9 Å². The predicted octanol–water partition coefficient (Wildman–Crippen LogP) is 2.81. The van der Waals surface area contributed by atoms with Crippen molar-refractivity contribution in [3.05, 3.63) is 29.8 Å². The fourth-order valence-corrected chi connectivity index (χ4v) is 3.55. The van der Waals surface area contributed by atoms with Gasteiger partial charge in [0.2, 0.25) is 10.0 Å². The summed E-state index contributed by atoms with van der Waals surface area (Å²) >= 11 is 0. The first-order valence-electron chi connectivity index (χ1n) is 7.14. The quantitative estimate of drug-likeness (QED) is 0.813. The van der Waals surface area contributed by atoms with Crippen molar-refractivity contribution < 1.29 is 8.42 Å². The molecule has 0 bridgehead atoms. The van der Waals surface area contributed by atoms with E-state index < -0.39 is 10.0 Å². The van der Waals surface area contributed by atoms with Gasteiger partial charge in [-0.25, -0.2) is 13.1 Å². The molecule has 0 aliphatic carbocycles. The molecule has 0 heterocycles. The van der Waals surface area contributed by atoms with E-state index in [0.717, 1.165) is 18.4 Å². The van der Waals surface area contributed by atoms with Crippen LogP contribution >= 0.6 is 0 Å². The summed E-state index contributed by atoms with van der Waals surface area (Å²) in [5, 5.41) is 0. The van der Waals surface area contributed by atoms with Crippen molar-refractivity contribution >= 4 is 10.0 Å². The second-order valence-electron chi connectivity index (χ2n) is 5.74. The maximum atomic E-state index is 12.3. The van der Waals surface area contributed by atoms with Gasteiger partial charge in [-0.15, -0.1) is 0 Å². The van der Waals surface area contributed by atoms with Crippen LogP contribution in [0.5, 0.6) is 0 Å². The largest absolute Gasteiger partial charge is 0.324 e. The number of hydrogen-bond acceptors (Lipinski definition) is 3. The van der Waals surface area contributed by atoms with Crippen molar-refractivity contribution in [2.75, 3.05) is 0 Å². The molecule has 1 aromatic carbocycles. The third kappa shape index (κ3) is 4.89. The first-order valence-corrected chi connectivity index (χ1v) is 8.62. The van der Waals surface area contributed by atoms with Crippen molar-refractivity contribution in [2.24, 2.45) is 11.7 Å². The number of hydrogen-bond donors (Lipinski definition) is 2. The summed E-state index contributed by atoms with van der Waals surface area (Å²) in [5.41, 5.74) is 6.81. The fraction of sp³-hybridized carbons (Fsp3) is 0.600. The van der Waals surface area contributed by atoms with Crippen LogP contribution in [0.3, 0.4) is 0 Å². The smallest absolute Gasteiger partial charge is 0.240 e. The van der Waals surface area contributed by atoms with Gasteiger partial charge in [-0.05, 0) is 43.4 Å². The highest BCUT2D eigenvalue weighted by molar-refractivity contribution is 7.89. The lowest BCUT2D eigenvalue weighted by molar-refractivity contribution is 0.482. The van der Waals surface area contributed by atoms with Gasteiger partial charge in [-0.1, -0.05) is 32.9 Å². The molecule has 0 radical (unpaired) electrons. The molecule has 0 aliphatic rings. The van der Waals surface area contributed by atoms with Crippen LogP contribution in [0.25, 0.3) is 0 Å². The zero-order valence-electron chi connectivity index (χ0n) is 12.8. The standard InChI is InChI=1S/C15H26N2O2S/c1-5-15(16)13-7-6-8-14(10-13)20(18,19)17-12(4)9-11(2)3/h6-8,10-12,15,17H,5,9,16H2,1-4H3. The lowest BCUT2D eigenvalue weighted by atomic mass is 10.1. The molecule has 114 valence electrons. The molecule has 3 N–H and O–H groups in total. The summed E-state index contributed by atoms with van der Waals surface area (Å²) in [5.74, 6) is 0.451. The van der Waals surface area contributed by atoms with Gasteiger partial charge in [0.15, 0.2) is 0 Å². The third-order valence-electron chi connectivity index (χ3n) is 3.22. The molecule has 0 fully saturated rings. The molecule has 2 atom stereocenters. The van der Waals surface area contributed by atoms with Gasteiger partial charge < -0.3 is 5.73 Å². The van der Waals surface area contributed by atoms with Crippen molar-refractivity contribution in [3.63, 3.8) is 0 Å². The fourth-order valence-electron chi connectivity index (χ4n) is 2.24. The normalized spacial score (nSPS) is 15.3. The molecule has 0 saturated carbocycles. The van der Waals surface area contributed by atoms with Crippen molar-refractivity contribution in [1.82, 2.24) is 4.72 Å². The second-order valence-corrected chi connectivity index (χ2v) is 7.45. The Kier molecular flexibility index (Phi) is 6.17. The summed E-state index contributed by atoms with van der Waals surface area (Å²) in [6, 6.07) is 6.67. The first kappa shape index (κ1) is 17.1. The van der Waals surface area contributed by atoms with Gasteiger partial charge in [-0.2, -0.15) is 0 Å². The Morgan fingerprint density at radius 3 is 2.45 bits per heavy atom. The minimum atomic E-state index is -3.47. The molecule has 1 aromatic rings. The predicted molar refractivity (Wildman–Crippen MR) is 82.9 cm³/mol. The molecular weight excluding hydrogens is 272 g/mol. The van der Waals surface area contributed by atoms with Crippen LogP contribution in [-0.2, 0) is 10.0 Å². The summed E-state index contributed by atoms with van der Waals surface area (Å²) in [6.07, 6.45) is 1.59. The highest BCUT2D eigenvalue weighted by Gasteiger charge is 2.19. The number of nitrogens with one attached hydrogen (secondary N) is 1. The van der Waals surface area contributed by atoms with E-state index in [0.29, 0.717) is 5.92 Å². The monoisotopic (exact) mass is 298 g/mol. The van der Waals surface area contributed by atoms with Crippen molar-refractivity contribution in [1.29, 1.82) is 0 Å². The minimum absolute atomic E-state index is 0.0801. The van der Waals surface area contributed by atoms with Gasteiger partial charge in [0.25, 0.3) is 0 Å². The Hall–Kier alpha value is -0.910. The number of nitrogens with two attached hydrogens (primary N) is 1. The Bertz CT molecular complexity index is 526. The highest BCUT2D eigenvalue weighted by Crippen LogP contribution is 2.19. The molecule has 1 rings (SSSR count). The molecule has 5 heteroatoms. The van der Waals surface area contributed by atoms with E-state index in [-0.39, 0.29) is 17.0 Å². The topological polar surface area (TPSA) is 72.2 Å². The second kappa shape index (κ2) is 7.20. The number of rotatable bonds is 7. The van der Waals surface area contributed by atoms with Gasteiger partial charge >= 0.3 is 0 Å². The van der Waals surface area contributed by atoms with E-state index in [4.69, 9.17) is 5.73 Å². The minimum Gasteiger partial charge on any atom is -0.324 e. The molecular formula is C15H26N2O2S. The maximum absolute atomic E-state index is 12.3. The lowest BCUT2D eigenvalue weighted by Crippen LogP contribution is -2.33. The third-order valence-corrected chi connectivity index (χ3v) is 4.80. The molecule has 0 aromatic heterocycles. The van der Waals surface area contributed by atoms with Crippen LogP contribution in [0.2, 0.25) is 0 Å². The van der Waals surface area contributed by atoms with Crippen LogP contribution in [0, 0.1) is 5.92 Å². The average Bonchev–Trinajstić information content (AvgIpc) is 2.36. The zero-order chi connectivity index (χ0) is 15.3. The molecule has 4 nitrogen and oxygen atoms in total. The van der Waals surface area contributed by atoms with E-state index >= 15 is 0 Å².